The zero-order chi connectivity index (χ0) is 11.4. The summed E-state index contributed by atoms with van der Waals surface area (Å²) in [5.74, 6) is -0.226. The molecule has 2 unspecified atom stereocenters. The molecule has 5 heteroatoms. The van der Waals surface area contributed by atoms with Crippen molar-refractivity contribution in [3.05, 3.63) is 30.6 Å². The predicted octanol–water partition coefficient (Wildman–Crippen LogP) is 0.111. The van der Waals surface area contributed by atoms with Crippen LogP contribution in [0.4, 0.5) is 0 Å². The molecule has 0 saturated carbocycles. The summed E-state index contributed by atoms with van der Waals surface area (Å²) in [6.07, 6.45) is 4.96. The molecule has 0 aliphatic carbocycles. The van der Waals surface area contributed by atoms with Crippen molar-refractivity contribution < 1.29 is 4.79 Å². The summed E-state index contributed by atoms with van der Waals surface area (Å²) in [5.41, 5.74) is 6.46. The molecule has 82 valence electrons. The number of hydrogen-bond acceptors (Lipinski definition) is 3. The van der Waals surface area contributed by atoms with Gasteiger partial charge in [-0.2, -0.15) is 5.10 Å². The molecule has 3 N–H and O–H groups in total. The molecule has 1 amide bonds. The lowest BCUT2D eigenvalue weighted by molar-refractivity contribution is -0.122. The summed E-state index contributed by atoms with van der Waals surface area (Å²) in [7, 11) is 1.78. The first-order chi connectivity index (χ1) is 7.04. The van der Waals surface area contributed by atoms with E-state index in [0.717, 1.165) is 0 Å². The predicted molar refractivity (Wildman–Crippen MR) is 57.9 cm³/mol. The molecule has 0 saturated heterocycles. The molecule has 1 aromatic heterocycles. The number of aromatic nitrogens is 2. The molecule has 2 atom stereocenters. The molecule has 0 aliphatic heterocycles. The van der Waals surface area contributed by atoms with Crippen LogP contribution < -0.4 is 11.1 Å². The molecule has 1 aromatic rings. The monoisotopic (exact) mass is 208 g/mol. The minimum absolute atomic E-state index is 0.0831. The fraction of sp³-hybridized carbons (Fsp3) is 0.400. The van der Waals surface area contributed by atoms with Gasteiger partial charge in [0.15, 0.2) is 0 Å². The van der Waals surface area contributed by atoms with Crippen LogP contribution in [0.1, 0.15) is 18.5 Å². The number of amides is 1. The second-order valence-electron chi connectivity index (χ2n) is 3.46. The lowest BCUT2D eigenvalue weighted by Gasteiger charge is -2.13. The number of rotatable bonds is 4. The van der Waals surface area contributed by atoms with Crippen LogP contribution in [0.5, 0.6) is 0 Å². The van der Waals surface area contributed by atoms with Gasteiger partial charge in [0.2, 0.25) is 5.91 Å². The van der Waals surface area contributed by atoms with Crippen molar-refractivity contribution >= 4 is 5.91 Å². The lowest BCUT2D eigenvalue weighted by atomic mass is 10.1. The number of nitrogens with two attached hydrogens (primary N) is 1. The Kier molecular flexibility index (Phi) is 3.62. The highest BCUT2D eigenvalue weighted by molar-refractivity contribution is 5.83. The molecule has 0 spiro atoms. The highest BCUT2D eigenvalue weighted by Crippen LogP contribution is 2.08. The normalized spacial score (nSPS) is 14.3. The Hall–Kier alpha value is -1.62. The van der Waals surface area contributed by atoms with Crippen LogP contribution in [0.3, 0.4) is 0 Å². The zero-order valence-electron chi connectivity index (χ0n) is 8.97. The van der Waals surface area contributed by atoms with Crippen molar-refractivity contribution in [2.45, 2.75) is 19.0 Å². The molecule has 5 nitrogen and oxygen atoms in total. The molecule has 1 heterocycles. The van der Waals surface area contributed by atoms with Crippen molar-refractivity contribution in [3.63, 3.8) is 0 Å². The standard InChI is InChI=1S/C10H16N4O/c1-4-7(2)13-10(15)9(11)8-5-12-14(3)6-8/h4-7,9H,1,11H2,2-3H3,(H,13,15). The number of nitrogens with one attached hydrogen (secondary N) is 1. The minimum Gasteiger partial charge on any atom is -0.349 e. The maximum atomic E-state index is 11.6. The van der Waals surface area contributed by atoms with E-state index in [9.17, 15) is 4.79 Å². The third-order valence-corrected chi connectivity index (χ3v) is 2.09. The van der Waals surface area contributed by atoms with Gasteiger partial charge >= 0.3 is 0 Å². The van der Waals surface area contributed by atoms with Crippen molar-refractivity contribution in [2.24, 2.45) is 12.8 Å². The van der Waals surface area contributed by atoms with Crippen molar-refractivity contribution in [2.75, 3.05) is 0 Å². The van der Waals surface area contributed by atoms with E-state index in [1.807, 2.05) is 6.92 Å². The first-order valence-electron chi connectivity index (χ1n) is 4.71. The summed E-state index contributed by atoms with van der Waals surface area (Å²) in [5, 5.41) is 6.67. The molecule has 0 aliphatic rings. The van der Waals surface area contributed by atoms with Crippen molar-refractivity contribution in [1.82, 2.24) is 15.1 Å². The Balaban J connectivity index is 2.64. The van der Waals surface area contributed by atoms with Crippen molar-refractivity contribution in [1.29, 1.82) is 0 Å². The van der Waals surface area contributed by atoms with E-state index in [1.54, 1.807) is 30.2 Å². The van der Waals surface area contributed by atoms with E-state index in [1.165, 1.54) is 0 Å². The zero-order valence-corrected chi connectivity index (χ0v) is 8.97. The molecule has 0 fully saturated rings. The van der Waals surface area contributed by atoms with Crippen LogP contribution in [0.2, 0.25) is 0 Å². The number of nitrogens with zero attached hydrogens (tertiary/aromatic N) is 2. The van der Waals surface area contributed by atoms with Crippen LogP contribution in [-0.4, -0.2) is 21.7 Å². The van der Waals surface area contributed by atoms with Gasteiger partial charge in [0.05, 0.1) is 6.20 Å². The highest BCUT2D eigenvalue weighted by atomic mass is 16.2. The largest absolute Gasteiger partial charge is 0.349 e. The summed E-state index contributed by atoms with van der Waals surface area (Å²) < 4.78 is 1.61. The topological polar surface area (TPSA) is 72.9 Å². The van der Waals surface area contributed by atoms with E-state index >= 15 is 0 Å². The number of carbonyl (C=O) groups excluding carboxylic acids is 1. The Labute approximate surface area is 89.0 Å². The van der Waals surface area contributed by atoms with E-state index < -0.39 is 6.04 Å². The Bertz CT molecular complexity index is 358. The Morgan fingerprint density at radius 2 is 2.47 bits per heavy atom. The molecular formula is C10H16N4O. The van der Waals surface area contributed by atoms with Gasteiger partial charge in [-0.15, -0.1) is 6.58 Å². The van der Waals surface area contributed by atoms with Crippen LogP contribution in [0.15, 0.2) is 25.0 Å². The minimum atomic E-state index is -0.680. The van der Waals surface area contributed by atoms with Gasteiger partial charge in [-0.1, -0.05) is 6.08 Å². The van der Waals surface area contributed by atoms with Crippen LogP contribution >= 0.6 is 0 Å². The summed E-state index contributed by atoms with van der Waals surface area (Å²) >= 11 is 0. The number of aryl methyl sites for hydroxylation is 1. The summed E-state index contributed by atoms with van der Waals surface area (Å²) in [6, 6.07) is -0.763. The number of carbonyl (C=O) groups is 1. The molecule has 0 radical (unpaired) electrons. The average molecular weight is 208 g/mol. The molecular weight excluding hydrogens is 192 g/mol. The molecule has 15 heavy (non-hydrogen) atoms. The quantitative estimate of drug-likeness (QED) is 0.690. The van der Waals surface area contributed by atoms with Gasteiger partial charge in [0, 0.05) is 24.8 Å². The first kappa shape index (κ1) is 11.5. The van der Waals surface area contributed by atoms with Crippen molar-refractivity contribution in [3.8, 4) is 0 Å². The fourth-order valence-electron chi connectivity index (χ4n) is 1.13. The average Bonchev–Trinajstić information content (AvgIpc) is 2.63. The molecule has 1 rings (SSSR count). The molecule has 0 aromatic carbocycles. The van der Waals surface area contributed by atoms with Crippen LogP contribution in [0, 0.1) is 0 Å². The third-order valence-electron chi connectivity index (χ3n) is 2.09. The molecule has 0 bridgehead atoms. The van der Waals surface area contributed by atoms with Gasteiger partial charge in [-0.3, -0.25) is 9.48 Å². The smallest absolute Gasteiger partial charge is 0.242 e. The van der Waals surface area contributed by atoms with E-state index in [4.69, 9.17) is 5.73 Å². The highest BCUT2D eigenvalue weighted by Gasteiger charge is 2.17. The maximum absolute atomic E-state index is 11.6. The van der Waals surface area contributed by atoms with Gasteiger partial charge in [0.25, 0.3) is 0 Å². The Morgan fingerprint density at radius 1 is 1.80 bits per heavy atom. The summed E-state index contributed by atoms with van der Waals surface area (Å²) in [6.45, 7) is 5.41. The van der Waals surface area contributed by atoms with E-state index in [-0.39, 0.29) is 11.9 Å². The SMILES string of the molecule is C=CC(C)NC(=O)C(N)c1cnn(C)c1. The van der Waals surface area contributed by atoms with Crippen LogP contribution in [-0.2, 0) is 11.8 Å². The van der Waals surface area contributed by atoms with Crippen LogP contribution in [0.25, 0.3) is 0 Å². The van der Waals surface area contributed by atoms with Gasteiger partial charge in [0.1, 0.15) is 6.04 Å². The second kappa shape index (κ2) is 4.75. The maximum Gasteiger partial charge on any atom is 0.242 e. The fourth-order valence-corrected chi connectivity index (χ4v) is 1.13. The number of hydrogen-bond donors (Lipinski definition) is 2. The van der Waals surface area contributed by atoms with Gasteiger partial charge in [-0.05, 0) is 6.92 Å². The van der Waals surface area contributed by atoms with Gasteiger partial charge in [-0.25, -0.2) is 0 Å². The summed E-state index contributed by atoms with van der Waals surface area (Å²) in [4.78, 5) is 11.6. The lowest BCUT2D eigenvalue weighted by Crippen LogP contribution is -2.38. The second-order valence-corrected chi connectivity index (χ2v) is 3.46. The van der Waals surface area contributed by atoms with E-state index in [2.05, 4.69) is 17.0 Å². The third kappa shape index (κ3) is 2.92. The van der Waals surface area contributed by atoms with E-state index in [0.29, 0.717) is 5.56 Å². The Morgan fingerprint density at radius 3 is 2.93 bits per heavy atom. The van der Waals surface area contributed by atoms with Gasteiger partial charge < -0.3 is 11.1 Å². The first-order valence-corrected chi connectivity index (χ1v) is 4.71.